The lowest BCUT2D eigenvalue weighted by molar-refractivity contribution is -0.132. The minimum atomic E-state index is -4.41. The van der Waals surface area contributed by atoms with E-state index in [1.165, 1.54) is 12.3 Å². The van der Waals surface area contributed by atoms with E-state index in [1.54, 1.807) is 0 Å². The van der Waals surface area contributed by atoms with E-state index >= 15 is 0 Å². The average Bonchev–Trinajstić information content (AvgIpc) is 2.57. The highest BCUT2D eigenvalue weighted by Crippen LogP contribution is 2.27. The molecule has 0 aromatic carbocycles. The van der Waals surface area contributed by atoms with Gasteiger partial charge in [-0.05, 0) is 17.9 Å². The molecule has 0 atom stereocenters. The zero-order valence-corrected chi connectivity index (χ0v) is 11.0. The number of alkyl halides is 3. The van der Waals surface area contributed by atoms with Gasteiger partial charge in [0.2, 0.25) is 10.0 Å². The van der Waals surface area contributed by atoms with Crippen molar-refractivity contribution < 1.29 is 26.7 Å². The number of hydrogen-bond donors (Lipinski definition) is 2. The molecule has 0 saturated carbocycles. The lowest BCUT2D eigenvalue weighted by atomic mass is 10.3. The van der Waals surface area contributed by atoms with Gasteiger partial charge in [-0.2, -0.15) is 13.2 Å². The third-order valence-electron chi connectivity index (χ3n) is 2.10. The molecule has 2 N–H and O–H groups in total. The summed E-state index contributed by atoms with van der Waals surface area (Å²) in [6, 6.07) is 0. The highest BCUT2D eigenvalue weighted by atomic mass is 32.2. The SMILES string of the molecule is Cc1csc(CO)c1S(=O)(=O)NCCC(F)(F)F. The van der Waals surface area contributed by atoms with E-state index < -0.39 is 35.8 Å². The molecular formula is C9H12F3NO3S2. The van der Waals surface area contributed by atoms with Gasteiger partial charge < -0.3 is 5.11 Å². The van der Waals surface area contributed by atoms with E-state index in [-0.39, 0.29) is 9.77 Å². The second kappa shape index (κ2) is 5.55. The number of nitrogens with one attached hydrogen (secondary N) is 1. The predicted octanol–water partition coefficient (Wildman–Crippen LogP) is 1.78. The number of aliphatic hydroxyl groups excluding tert-OH is 1. The highest BCUT2D eigenvalue weighted by molar-refractivity contribution is 7.89. The molecule has 0 unspecified atom stereocenters. The first kappa shape index (κ1) is 15.4. The Morgan fingerprint density at radius 1 is 1.44 bits per heavy atom. The summed E-state index contributed by atoms with van der Waals surface area (Å²) in [7, 11) is -4.01. The first-order valence-corrected chi connectivity index (χ1v) is 7.28. The summed E-state index contributed by atoms with van der Waals surface area (Å²) >= 11 is 1.05. The van der Waals surface area contributed by atoms with Crippen LogP contribution in [-0.4, -0.2) is 26.2 Å². The molecule has 104 valence electrons. The van der Waals surface area contributed by atoms with Crippen LogP contribution in [0.3, 0.4) is 0 Å². The predicted molar refractivity (Wildman–Crippen MR) is 60.8 cm³/mol. The molecule has 1 heterocycles. The van der Waals surface area contributed by atoms with Crippen LogP contribution >= 0.6 is 11.3 Å². The number of rotatable bonds is 5. The fourth-order valence-corrected chi connectivity index (χ4v) is 4.05. The summed E-state index contributed by atoms with van der Waals surface area (Å²) < 4.78 is 61.3. The fourth-order valence-electron chi connectivity index (χ4n) is 1.36. The maximum Gasteiger partial charge on any atom is 0.390 e. The van der Waals surface area contributed by atoms with Crippen molar-refractivity contribution in [3.63, 3.8) is 0 Å². The lowest BCUT2D eigenvalue weighted by Crippen LogP contribution is -2.28. The number of aliphatic hydroxyl groups is 1. The molecule has 0 saturated heterocycles. The van der Waals surface area contributed by atoms with Gasteiger partial charge >= 0.3 is 6.18 Å². The fraction of sp³-hybridized carbons (Fsp3) is 0.556. The number of thiophene rings is 1. The van der Waals surface area contributed by atoms with E-state index in [0.29, 0.717) is 5.56 Å². The third-order valence-corrected chi connectivity index (χ3v) is 5.01. The van der Waals surface area contributed by atoms with Crippen LogP contribution in [0.2, 0.25) is 0 Å². The van der Waals surface area contributed by atoms with Crippen LogP contribution in [0.25, 0.3) is 0 Å². The average molecular weight is 303 g/mol. The van der Waals surface area contributed by atoms with Gasteiger partial charge in [-0.25, -0.2) is 13.1 Å². The molecule has 0 aliphatic carbocycles. The summed E-state index contributed by atoms with van der Waals surface area (Å²) in [5, 5.41) is 10.5. The van der Waals surface area contributed by atoms with Gasteiger partial charge in [-0.1, -0.05) is 0 Å². The summed E-state index contributed by atoms with van der Waals surface area (Å²) in [6.07, 6.45) is -5.64. The van der Waals surface area contributed by atoms with Gasteiger partial charge in [0.25, 0.3) is 0 Å². The summed E-state index contributed by atoms with van der Waals surface area (Å²) in [6.45, 7) is 0.341. The van der Waals surface area contributed by atoms with Crippen molar-refractivity contribution in [2.45, 2.75) is 31.0 Å². The van der Waals surface area contributed by atoms with Crippen LogP contribution in [0, 0.1) is 6.92 Å². The molecule has 1 rings (SSSR count). The van der Waals surface area contributed by atoms with Crippen molar-refractivity contribution in [2.24, 2.45) is 0 Å². The van der Waals surface area contributed by atoms with Crippen LogP contribution in [0.1, 0.15) is 16.9 Å². The molecule has 1 aromatic rings. The van der Waals surface area contributed by atoms with Crippen molar-refractivity contribution in [2.75, 3.05) is 6.54 Å². The zero-order chi connectivity index (χ0) is 14.0. The minimum Gasteiger partial charge on any atom is -0.391 e. The topological polar surface area (TPSA) is 66.4 Å². The number of halogens is 3. The Morgan fingerprint density at radius 3 is 2.56 bits per heavy atom. The molecule has 9 heteroatoms. The first-order chi connectivity index (χ1) is 8.17. The van der Waals surface area contributed by atoms with Crippen molar-refractivity contribution >= 4 is 21.4 Å². The van der Waals surface area contributed by atoms with Crippen molar-refractivity contribution in [3.05, 3.63) is 15.8 Å². The molecule has 0 aliphatic heterocycles. The Morgan fingerprint density at radius 2 is 2.06 bits per heavy atom. The molecule has 0 aliphatic rings. The van der Waals surface area contributed by atoms with Crippen LogP contribution in [-0.2, 0) is 16.6 Å². The van der Waals surface area contributed by atoms with Gasteiger partial charge in [0.15, 0.2) is 0 Å². The zero-order valence-electron chi connectivity index (χ0n) is 9.41. The Hall–Kier alpha value is -0.640. The molecule has 4 nitrogen and oxygen atoms in total. The second-order valence-electron chi connectivity index (χ2n) is 3.59. The molecule has 0 amide bonds. The van der Waals surface area contributed by atoms with E-state index in [0.717, 1.165) is 11.3 Å². The highest BCUT2D eigenvalue weighted by Gasteiger charge is 2.28. The largest absolute Gasteiger partial charge is 0.391 e. The van der Waals surface area contributed by atoms with E-state index in [1.807, 2.05) is 4.72 Å². The van der Waals surface area contributed by atoms with Gasteiger partial charge in [-0.3, -0.25) is 0 Å². The molecule has 0 bridgehead atoms. The second-order valence-corrected chi connectivity index (χ2v) is 6.26. The summed E-state index contributed by atoms with van der Waals surface area (Å²) in [5.41, 5.74) is 0.406. The standard InChI is InChI=1S/C9H12F3NO3S2/c1-6-5-17-7(4-14)8(6)18(15,16)13-3-2-9(10,11)12/h5,13-14H,2-4H2,1H3. The Bertz CT molecular complexity index is 508. The Labute approximate surface area is 106 Å². The van der Waals surface area contributed by atoms with Crippen LogP contribution in [0.4, 0.5) is 13.2 Å². The van der Waals surface area contributed by atoms with E-state index in [4.69, 9.17) is 5.11 Å². The molecule has 0 spiro atoms. The molecule has 1 aromatic heterocycles. The number of aryl methyl sites for hydroxylation is 1. The smallest absolute Gasteiger partial charge is 0.390 e. The van der Waals surface area contributed by atoms with Gasteiger partial charge in [0.05, 0.1) is 17.9 Å². The van der Waals surface area contributed by atoms with Crippen LogP contribution < -0.4 is 4.72 Å². The third kappa shape index (κ3) is 3.94. The van der Waals surface area contributed by atoms with Crippen molar-refractivity contribution in [3.8, 4) is 0 Å². The van der Waals surface area contributed by atoms with E-state index in [9.17, 15) is 21.6 Å². The lowest BCUT2D eigenvalue weighted by Gasteiger charge is -2.09. The molecule has 0 fully saturated rings. The normalized spacial score (nSPS) is 12.9. The number of sulfonamides is 1. The maximum atomic E-state index is 11.9. The van der Waals surface area contributed by atoms with Gasteiger partial charge in [0, 0.05) is 6.54 Å². The minimum absolute atomic E-state index is 0.128. The Kier molecular flexibility index (Phi) is 4.76. The summed E-state index contributed by atoms with van der Waals surface area (Å²) in [4.78, 5) is 0.0872. The van der Waals surface area contributed by atoms with Crippen molar-refractivity contribution in [1.82, 2.24) is 4.72 Å². The molecule has 18 heavy (non-hydrogen) atoms. The summed E-state index contributed by atoms with van der Waals surface area (Å²) in [5.74, 6) is 0. The molecular weight excluding hydrogens is 291 g/mol. The molecule has 0 radical (unpaired) electrons. The van der Waals surface area contributed by atoms with Crippen molar-refractivity contribution in [1.29, 1.82) is 0 Å². The number of hydrogen-bond acceptors (Lipinski definition) is 4. The monoisotopic (exact) mass is 303 g/mol. The quantitative estimate of drug-likeness (QED) is 0.871. The first-order valence-electron chi connectivity index (χ1n) is 4.91. The van der Waals surface area contributed by atoms with Gasteiger partial charge in [-0.15, -0.1) is 11.3 Å². The van der Waals surface area contributed by atoms with Crippen LogP contribution in [0.5, 0.6) is 0 Å². The van der Waals surface area contributed by atoms with E-state index in [2.05, 4.69) is 0 Å². The maximum absolute atomic E-state index is 11.9. The Balaban J connectivity index is 2.84. The van der Waals surface area contributed by atoms with Gasteiger partial charge in [0.1, 0.15) is 4.90 Å². The van der Waals surface area contributed by atoms with Crippen LogP contribution in [0.15, 0.2) is 10.3 Å².